The van der Waals surface area contributed by atoms with E-state index >= 15 is 0 Å². The molecule has 1 aliphatic heterocycles. The second-order valence-corrected chi connectivity index (χ2v) is 9.48. The van der Waals surface area contributed by atoms with Crippen LogP contribution in [0.25, 0.3) is 12.2 Å². The number of nitriles is 4. The van der Waals surface area contributed by atoms with Crippen molar-refractivity contribution in [1.82, 2.24) is 0 Å². The molecule has 0 spiro atoms. The largest absolute Gasteiger partial charge is 0.338 e. The van der Waals surface area contributed by atoms with Crippen LogP contribution in [0.5, 0.6) is 0 Å². The summed E-state index contributed by atoms with van der Waals surface area (Å²) >= 11 is 0. The van der Waals surface area contributed by atoms with E-state index in [0.29, 0.717) is 0 Å². The van der Waals surface area contributed by atoms with Crippen molar-refractivity contribution in [3.05, 3.63) is 58.7 Å². The minimum atomic E-state index is 0.0781. The molecule has 0 aromatic heterocycles. The van der Waals surface area contributed by atoms with Crippen molar-refractivity contribution < 1.29 is 0 Å². The molecular formula is C32H34N6. The van der Waals surface area contributed by atoms with Crippen molar-refractivity contribution in [2.75, 3.05) is 22.9 Å². The Bertz CT molecular complexity index is 1220. The van der Waals surface area contributed by atoms with Gasteiger partial charge in [0.2, 0.25) is 0 Å². The zero-order valence-corrected chi connectivity index (χ0v) is 22.4. The molecule has 0 bridgehead atoms. The molecule has 0 atom stereocenters. The van der Waals surface area contributed by atoms with E-state index in [4.69, 9.17) is 0 Å². The van der Waals surface area contributed by atoms with Gasteiger partial charge >= 0.3 is 0 Å². The van der Waals surface area contributed by atoms with Gasteiger partial charge in [0.15, 0.2) is 0 Å². The van der Waals surface area contributed by atoms with Crippen LogP contribution < -0.4 is 9.80 Å². The maximum atomic E-state index is 9.28. The van der Waals surface area contributed by atoms with Crippen LogP contribution in [0.2, 0.25) is 0 Å². The van der Waals surface area contributed by atoms with E-state index in [1.807, 2.05) is 36.4 Å². The molecule has 2 aromatic rings. The maximum absolute atomic E-state index is 9.28. The van der Waals surface area contributed by atoms with Gasteiger partial charge in [-0.2, -0.15) is 21.0 Å². The van der Waals surface area contributed by atoms with E-state index in [9.17, 15) is 21.0 Å². The first kappa shape index (κ1) is 28.1. The molecule has 6 heteroatoms. The molecule has 1 aliphatic rings. The highest BCUT2D eigenvalue weighted by molar-refractivity contribution is 5.95. The van der Waals surface area contributed by atoms with Crippen LogP contribution in [0.15, 0.2) is 47.5 Å². The number of nitrogens with zero attached hydrogens (tertiary/aromatic N) is 6. The van der Waals surface area contributed by atoms with E-state index in [-0.39, 0.29) is 11.1 Å². The first-order valence-corrected chi connectivity index (χ1v) is 13.5. The molecule has 192 valence electrons. The summed E-state index contributed by atoms with van der Waals surface area (Å²) in [4.78, 5) is 4.67. The Kier molecular flexibility index (Phi) is 10.5. The second kappa shape index (κ2) is 14.3. The van der Waals surface area contributed by atoms with Gasteiger partial charge in [-0.05, 0) is 60.4 Å². The van der Waals surface area contributed by atoms with Gasteiger partial charge in [0.05, 0.1) is 22.7 Å². The van der Waals surface area contributed by atoms with Gasteiger partial charge in [-0.15, -0.1) is 0 Å². The molecular weight excluding hydrogens is 468 g/mol. The fraction of sp³-hybridized carbons (Fsp3) is 0.375. The fourth-order valence-electron chi connectivity index (χ4n) is 4.80. The number of rotatable bonds is 12. The molecule has 0 amide bonds. The van der Waals surface area contributed by atoms with Crippen molar-refractivity contribution >= 4 is 34.9 Å². The highest BCUT2D eigenvalue weighted by atomic mass is 15.3. The van der Waals surface area contributed by atoms with Crippen molar-refractivity contribution in [2.45, 2.75) is 65.2 Å². The molecule has 0 saturated heterocycles. The Morgan fingerprint density at radius 2 is 0.974 bits per heavy atom. The van der Waals surface area contributed by atoms with Crippen LogP contribution in [0, 0.1) is 45.3 Å². The number of unbranched alkanes of at least 4 members (excludes halogenated alkanes) is 6. The summed E-state index contributed by atoms with van der Waals surface area (Å²) < 4.78 is 0. The summed E-state index contributed by atoms with van der Waals surface area (Å²) in [6.45, 7) is 6.09. The molecule has 2 aromatic carbocycles. The second-order valence-electron chi connectivity index (χ2n) is 9.48. The lowest BCUT2D eigenvalue weighted by molar-refractivity contribution is 0.659. The molecule has 0 saturated carbocycles. The van der Waals surface area contributed by atoms with Gasteiger partial charge in [-0.25, -0.2) is 0 Å². The summed E-state index contributed by atoms with van der Waals surface area (Å²) in [5.74, 6) is 0. The van der Waals surface area contributed by atoms with Crippen LogP contribution >= 0.6 is 0 Å². The van der Waals surface area contributed by atoms with E-state index in [1.54, 1.807) is 12.2 Å². The standard InChI is InChI=1S/C32H34N6/c1-3-5-7-9-15-37-29-13-11-26(18-28(23-35)24-36)20-32(29)38(16-10-8-6-4-2)30-14-12-25(19-31(30)37)17-27(21-33)22-34/h11-14,17-20H,3-10,15-16H2,1-2H3. The number of hydrogen-bond acceptors (Lipinski definition) is 6. The van der Waals surface area contributed by atoms with Crippen molar-refractivity contribution in [1.29, 1.82) is 21.0 Å². The lowest BCUT2D eigenvalue weighted by Crippen LogP contribution is -2.31. The first-order chi connectivity index (χ1) is 18.6. The molecule has 0 radical (unpaired) electrons. The number of benzene rings is 2. The topological polar surface area (TPSA) is 102 Å². The Hall–Kier alpha value is -4.52. The lowest BCUT2D eigenvalue weighted by atomic mass is 10.0. The zero-order chi connectivity index (χ0) is 27.3. The van der Waals surface area contributed by atoms with Crippen LogP contribution in [-0.2, 0) is 0 Å². The smallest absolute Gasteiger partial charge is 0.130 e. The molecule has 3 rings (SSSR count). The Morgan fingerprint density at radius 3 is 1.32 bits per heavy atom. The van der Waals surface area contributed by atoms with E-state index < -0.39 is 0 Å². The van der Waals surface area contributed by atoms with Crippen molar-refractivity contribution in [3.63, 3.8) is 0 Å². The third-order valence-electron chi connectivity index (χ3n) is 6.74. The minimum absolute atomic E-state index is 0.0781. The number of allylic oxidation sites excluding steroid dienone is 2. The van der Waals surface area contributed by atoms with Crippen molar-refractivity contribution in [2.24, 2.45) is 0 Å². The highest BCUT2D eigenvalue weighted by Crippen LogP contribution is 2.49. The molecule has 0 unspecified atom stereocenters. The third kappa shape index (κ3) is 6.82. The van der Waals surface area contributed by atoms with Gasteiger partial charge in [0.1, 0.15) is 35.4 Å². The average Bonchev–Trinajstić information content (AvgIpc) is 2.95. The van der Waals surface area contributed by atoms with Crippen LogP contribution in [-0.4, -0.2) is 13.1 Å². The van der Waals surface area contributed by atoms with Gasteiger partial charge < -0.3 is 9.80 Å². The van der Waals surface area contributed by atoms with E-state index in [2.05, 4.69) is 47.9 Å². The van der Waals surface area contributed by atoms with Gasteiger partial charge in [-0.1, -0.05) is 64.5 Å². The summed E-state index contributed by atoms with van der Waals surface area (Å²) in [5, 5.41) is 37.1. The molecule has 0 aliphatic carbocycles. The van der Waals surface area contributed by atoms with Crippen LogP contribution in [0.3, 0.4) is 0 Å². The van der Waals surface area contributed by atoms with Gasteiger partial charge in [0, 0.05) is 13.1 Å². The molecule has 6 nitrogen and oxygen atoms in total. The predicted octanol–water partition coefficient (Wildman–Crippen LogP) is 8.30. The summed E-state index contributed by atoms with van der Waals surface area (Å²) in [6, 6.07) is 20.1. The van der Waals surface area contributed by atoms with E-state index in [1.165, 1.54) is 12.8 Å². The monoisotopic (exact) mass is 502 g/mol. The molecule has 38 heavy (non-hydrogen) atoms. The average molecular weight is 503 g/mol. The number of anilines is 4. The summed E-state index contributed by atoms with van der Waals surface area (Å²) in [7, 11) is 0. The van der Waals surface area contributed by atoms with E-state index in [0.717, 1.165) is 85.5 Å². The Balaban J connectivity index is 2.15. The summed E-state index contributed by atoms with van der Waals surface area (Å²) in [6.07, 6.45) is 12.3. The zero-order valence-electron chi connectivity index (χ0n) is 22.4. The number of fused-ring (bicyclic) bond motifs is 2. The SMILES string of the molecule is CCCCCCN1c2ccc(C=C(C#N)C#N)cc2N(CCCCCC)c2ccc(C=C(C#N)C#N)cc21. The Morgan fingerprint density at radius 1 is 0.579 bits per heavy atom. The van der Waals surface area contributed by atoms with Gasteiger partial charge in [-0.3, -0.25) is 0 Å². The third-order valence-corrected chi connectivity index (χ3v) is 6.74. The Labute approximate surface area is 226 Å². The molecule has 0 fully saturated rings. The predicted molar refractivity (Wildman–Crippen MR) is 154 cm³/mol. The normalized spacial score (nSPS) is 11.2. The lowest BCUT2D eigenvalue weighted by Gasteiger charge is -2.41. The fourth-order valence-corrected chi connectivity index (χ4v) is 4.80. The van der Waals surface area contributed by atoms with Crippen LogP contribution in [0.4, 0.5) is 22.7 Å². The number of hydrogen-bond donors (Lipinski definition) is 0. The van der Waals surface area contributed by atoms with Crippen LogP contribution in [0.1, 0.15) is 76.3 Å². The highest BCUT2D eigenvalue weighted by Gasteiger charge is 2.28. The molecule has 1 heterocycles. The summed E-state index contributed by atoms with van der Waals surface area (Å²) in [5.41, 5.74) is 6.09. The quantitative estimate of drug-likeness (QED) is 0.214. The molecule has 0 N–H and O–H groups in total. The maximum Gasteiger partial charge on any atom is 0.130 e. The van der Waals surface area contributed by atoms with Crippen molar-refractivity contribution in [3.8, 4) is 24.3 Å². The van der Waals surface area contributed by atoms with Gasteiger partial charge in [0.25, 0.3) is 0 Å². The minimum Gasteiger partial charge on any atom is -0.338 e. The first-order valence-electron chi connectivity index (χ1n) is 13.5.